The van der Waals surface area contributed by atoms with Crippen LogP contribution in [-0.2, 0) is 6.54 Å². The maximum Gasteiger partial charge on any atom is 0.231 e. The van der Waals surface area contributed by atoms with E-state index in [0.29, 0.717) is 47.6 Å². The van der Waals surface area contributed by atoms with E-state index >= 15 is 0 Å². The van der Waals surface area contributed by atoms with Crippen LogP contribution in [0.15, 0.2) is 36.4 Å². The Labute approximate surface area is 174 Å². The zero-order valence-electron chi connectivity index (χ0n) is 16.5. The van der Waals surface area contributed by atoms with Crippen molar-refractivity contribution in [1.29, 1.82) is 5.26 Å². The number of halogens is 1. The molecule has 30 heavy (non-hydrogen) atoms. The number of hydrogen-bond donors (Lipinski definition) is 1. The van der Waals surface area contributed by atoms with Crippen molar-refractivity contribution in [2.24, 2.45) is 11.8 Å². The van der Waals surface area contributed by atoms with E-state index in [1.165, 1.54) is 12.1 Å². The number of ether oxygens (including phenoxy) is 3. The fourth-order valence-corrected chi connectivity index (χ4v) is 4.93. The van der Waals surface area contributed by atoms with E-state index in [4.69, 9.17) is 19.5 Å². The van der Waals surface area contributed by atoms with Gasteiger partial charge in [-0.25, -0.2) is 4.39 Å². The molecule has 1 N–H and O–H groups in total. The van der Waals surface area contributed by atoms with Gasteiger partial charge < -0.3 is 19.3 Å². The SMILES string of the molecule is N#Cc1cc(F)cc(CN2C[C@H]3C[C@@H](Oc4ccc5c(c4)OCO5)[C@H](O)C[C@H]3C2)c1. The Morgan fingerprint density at radius 1 is 1.10 bits per heavy atom. The fraction of sp³-hybridized carbons (Fsp3) is 0.435. The summed E-state index contributed by atoms with van der Waals surface area (Å²) in [7, 11) is 0. The Bertz CT molecular complexity index is 992. The largest absolute Gasteiger partial charge is 0.488 e. The van der Waals surface area contributed by atoms with Gasteiger partial charge in [0.2, 0.25) is 6.79 Å². The van der Waals surface area contributed by atoms with Gasteiger partial charge in [0, 0.05) is 25.7 Å². The lowest BCUT2D eigenvalue weighted by Crippen LogP contribution is -2.42. The number of rotatable bonds is 4. The summed E-state index contributed by atoms with van der Waals surface area (Å²) in [5.74, 6) is 2.45. The van der Waals surface area contributed by atoms with E-state index in [-0.39, 0.29) is 18.7 Å². The predicted octanol–water partition coefficient (Wildman–Crippen LogP) is 3.08. The van der Waals surface area contributed by atoms with E-state index in [9.17, 15) is 9.50 Å². The Morgan fingerprint density at radius 2 is 1.90 bits per heavy atom. The van der Waals surface area contributed by atoms with Crippen molar-refractivity contribution in [3.63, 3.8) is 0 Å². The first kappa shape index (κ1) is 19.2. The molecule has 1 saturated carbocycles. The summed E-state index contributed by atoms with van der Waals surface area (Å²) in [5.41, 5.74) is 1.15. The van der Waals surface area contributed by atoms with E-state index in [1.807, 2.05) is 18.2 Å². The molecule has 0 unspecified atom stereocenters. The predicted molar refractivity (Wildman–Crippen MR) is 106 cm³/mol. The molecule has 1 aliphatic carbocycles. The molecular weight excluding hydrogens is 387 g/mol. The molecule has 2 aliphatic heterocycles. The molecule has 2 fully saturated rings. The lowest BCUT2D eigenvalue weighted by molar-refractivity contribution is -0.0232. The summed E-state index contributed by atoms with van der Waals surface area (Å²) >= 11 is 0. The molecule has 5 rings (SSSR count). The number of nitriles is 1. The molecule has 0 amide bonds. The lowest BCUT2D eigenvalue weighted by atomic mass is 9.78. The zero-order valence-corrected chi connectivity index (χ0v) is 16.5. The summed E-state index contributed by atoms with van der Waals surface area (Å²) in [6, 6.07) is 12.0. The molecule has 0 aromatic heterocycles. The van der Waals surface area contributed by atoms with E-state index in [1.54, 1.807) is 12.1 Å². The number of likely N-dealkylation sites (tertiary alicyclic amines) is 1. The molecule has 4 atom stereocenters. The van der Waals surface area contributed by atoms with Crippen LogP contribution in [0, 0.1) is 29.0 Å². The van der Waals surface area contributed by atoms with Crippen molar-refractivity contribution in [3.05, 3.63) is 53.3 Å². The quantitative estimate of drug-likeness (QED) is 0.835. The maximum atomic E-state index is 13.7. The van der Waals surface area contributed by atoms with Crippen LogP contribution in [0.5, 0.6) is 17.2 Å². The maximum absolute atomic E-state index is 13.7. The normalized spacial score (nSPS) is 27.5. The minimum absolute atomic E-state index is 0.214. The fourth-order valence-electron chi connectivity index (χ4n) is 4.93. The second kappa shape index (κ2) is 7.78. The minimum Gasteiger partial charge on any atom is -0.488 e. The van der Waals surface area contributed by atoms with Crippen LogP contribution in [0.25, 0.3) is 0 Å². The third-order valence-corrected chi connectivity index (χ3v) is 6.28. The first-order valence-electron chi connectivity index (χ1n) is 10.2. The van der Waals surface area contributed by atoms with Gasteiger partial charge in [0.15, 0.2) is 11.5 Å². The van der Waals surface area contributed by atoms with Gasteiger partial charge in [-0.15, -0.1) is 0 Å². The van der Waals surface area contributed by atoms with Gasteiger partial charge in [0.05, 0.1) is 17.7 Å². The molecular formula is C23H23FN2O4. The second-order valence-electron chi connectivity index (χ2n) is 8.38. The molecule has 2 aromatic carbocycles. The highest BCUT2D eigenvalue weighted by Crippen LogP contribution is 2.40. The zero-order chi connectivity index (χ0) is 20.7. The van der Waals surface area contributed by atoms with Gasteiger partial charge in [-0.2, -0.15) is 5.26 Å². The molecule has 1 saturated heterocycles. The summed E-state index contributed by atoms with van der Waals surface area (Å²) in [5, 5.41) is 19.7. The molecule has 2 aromatic rings. The Kier molecular flexibility index (Phi) is 4.97. The highest BCUT2D eigenvalue weighted by molar-refractivity contribution is 5.47. The monoisotopic (exact) mass is 410 g/mol. The number of fused-ring (bicyclic) bond motifs is 2. The van der Waals surface area contributed by atoms with Crippen LogP contribution in [0.3, 0.4) is 0 Å². The summed E-state index contributed by atoms with van der Waals surface area (Å²) < 4.78 is 30.6. The molecule has 0 spiro atoms. The molecule has 7 heteroatoms. The van der Waals surface area contributed by atoms with Crippen LogP contribution >= 0.6 is 0 Å². The lowest BCUT2D eigenvalue weighted by Gasteiger charge is -2.35. The van der Waals surface area contributed by atoms with Gasteiger partial charge in [-0.05, 0) is 60.6 Å². The standard InChI is InChI=1S/C23H23FN2O4/c24-18-4-14(9-25)3-15(5-18)10-26-11-16-6-20(27)22(7-17(16)12-26)30-19-1-2-21-23(8-19)29-13-28-21/h1-5,8,16-17,20,22,27H,6-7,10-13H2/t16-,17+,20+,22+/m0/s1. The Hall–Kier alpha value is -2.82. The van der Waals surface area contributed by atoms with Gasteiger partial charge in [0.1, 0.15) is 17.7 Å². The van der Waals surface area contributed by atoms with Crippen molar-refractivity contribution in [1.82, 2.24) is 4.90 Å². The first-order valence-corrected chi connectivity index (χ1v) is 10.2. The molecule has 0 bridgehead atoms. The van der Waals surface area contributed by atoms with Crippen molar-refractivity contribution < 1.29 is 23.7 Å². The van der Waals surface area contributed by atoms with Gasteiger partial charge >= 0.3 is 0 Å². The van der Waals surface area contributed by atoms with Crippen molar-refractivity contribution in [3.8, 4) is 23.3 Å². The number of benzene rings is 2. The van der Waals surface area contributed by atoms with Crippen molar-refractivity contribution >= 4 is 0 Å². The number of nitrogens with zero attached hydrogens (tertiary/aromatic N) is 2. The van der Waals surface area contributed by atoms with E-state index in [2.05, 4.69) is 4.90 Å². The van der Waals surface area contributed by atoms with E-state index < -0.39 is 6.10 Å². The molecule has 2 heterocycles. The van der Waals surface area contributed by atoms with Crippen molar-refractivity contribution in [2.75, 3.05) is 19.9 Å². The van der Waals surface area contributed by atoms with Crippen molar-refractivity contribution in [2.45, 2.75) is 31.6 Å². The highest BCUT2D eigenvalue weighted by atomic mass is 19.1. The third kappa shape index (κ3) is 3.81. The van der Waals surface area contributed by atoms with Crippen LogP contribution in [0.2, 0.25) is 0 Å². The molecule has 6 nitrogen and oxygen atoms in total. The Morgan fingerprint density at radius 3 is 2.73 bits per heavy atom. The highest BCUT2D eigenvalue weighted by Gasteiger charge is 2.42. The molecule has 3 aliphatic rings. The third-order valence-electron chi connectivity index (χ3n) is 6.28. The second-order valence-corrected chi connectivity index (χ2v) is 8.38. The van der Waals surface area contributed by atoms with Crippen LogP contribution in [0.1, 0.15) is 24.0 Å². The van der Waals surface area contributed by atoms with Crippen LogP contribution in [-0.4, -0.2) is 42.1 Å². The van der Waals surface area contributed by atoms with Gasteiger partial charge in [-0.1, -0.05) is 0 Å². The molecule has 156 valence electrons. The average molecular weight is 410 g/mol. The van der Waals surface area contributed by atoms with Crippen LogP contribution < -0.4 is 14.2 Å². The summed E-state index contributed by atoms with van der Waals surface area (Å²) in [4.78, 5) is 2.28. The number of hydrogen-bond acceptors (Lipinski definition) is 6. The topological polar surface area (TPSA) is 75.0 Å². The summed E-state index contributed by atoms with van der Waals surface area (Å²) in [6.07, 6.45) is 0.647. The summed E-state index contributed by atoms with van der Waals surface area (Å²) in [6.45, 7) is 2.54. The minimum atomic E-state index is -0.531. The molecule has 0 radical (unpaired) electrons. The van der Waals surface area contributed by atoms with Crippen LogP contribution in [0.4, 0.5) is 4.39 Å². The van der Waals surface area contributed by atoms with Gasteiger partial charge in [-0.3, -0.25) is 4.90 Å². The first-order chi connectivity index (χ1) is 14.6. The number of aliphatic hydroxyl groups excluding tert-OH is 1. The Balaban J connectivity index is 1.23. The smallest absolute Gasteiger partial charge is 0.231 e. The number of aliphatic hydroxyl groups is 1. The van der Waals surface area contributed by atoms with E-state index in [0.717, 1.165) is 25.1 Å². The average Bonchev–Trinajstić information content (AvgIpc) is 3.33. The van der Waals surface area contributed by atoms with Gasteiger partial charge in [0.25, 0.3) is 0 Å².